The molecule has 1 atom stereocenters. The normalized spacial score (nSPS) is 21.8. The van der Waals surface area contributed by atoms with E-state index in [4.69, 9.17) is 14.0 Å². The minimum Gasteiger partial charge on any atom is -0.381 e. The van der Waals surface area contributed by atoms with Crippen molar-refractivity contribution < 1.29 is 18.8 Å². The summed E-state index contributed by atoms with van der Waals surface area (Å²) in [5, 5.41) is 6.88. The summed E-state index contributed by atoms with van der Waals surface area (Å²) in [6.45, 7) is 3.44. The Morgan fingerprint density at radius 2 is 2.17 bits per heavy atom. The molecule has 1 unspecified atom stereocenters. The average molecular weight is 322 g/mol. The molecule has 3 rings (SSSR count). The maximum atomic E-state index is 11.9. The lowest BCUT2D eigenvalue weighted by Crippen LogP contribution is -2.30. The maximum Gasteiger partial charge on any atom is 0.226 e. The highest BCUT2D eigenvalue weighted by molar-refractivity contribution is 5.78. The molecule has 0 radical (unpaired) electrons. The summed E-state index contributed by atoms with van der Waals surface area (Å²) in [6, 6.07) is 1.81. The second kappa shape index (κ2) is 8.45. The monoisotopic (exact) mass is 322 g/mol. The average Bonchev–Trinajstić information content (AvgIpc) is 3.28. The van der Waals surface area contributed by atoms with Crippen LogP contribution in [-0.4, -0.2) is 37.4 Å². The number of hydrogen-bond acceptors (Lipinski definition) is 5. The molecule has 1 aromatic rings. The van der Waals surface area contributed by atoms with Gasteiger partial charge >= 0.3 is 0 Å². The number of nitrogens with zero attached hydrogens (tertiary/aromatic N) is 1. The van der Waals surface area contributed by atoms with Crippen molar-refractivity contribution in [2.45, 2.75) is 45.1 Å². The molecule has 0 bridgehead atoms. The molecule has 6 nitrogen and oxygen atoms in total. The standard InChI is InChI=1S/C17H26N2O4/c20-17(18-9-14-5-6-21-11-14)8-15-7-16(23-19-15)12-22-10-13-3-1-2-4-13/h7,13-14H,1-6,8-12H2,(H,18,20). The fourth-order valence-corrected chi connectivity index (χ4v) is 3.24. The van der Waals surface area contributed by atoms with Gasteiger partial charge in [-0.2, -0.15) is 0 Å². The fraction of sp³-hybridized carbons (Fsp3) is 0.765. The number of nitrogens with one attached hydrogen (secondary N) is 1. The number of amides is 1. The highest BCUT2D eigenvalue weighted by atomic mass is 16.5. The van der Waals surface area contributed by atoms with Crippen LogP contribution in [-0.2, 0) is 27.3 Å². The molecule has 0 spiro atoms. The van der Waals surface area contributed by atoms with Crippen LogP contribution in [0, 0.1) is 11.8 Å². The van der Waals surface area contributed by atoms with E-state index < -0.39 is 0 Å². The van der Waals surface area contributed by atoms with Gasteiger partial charge in [0.15, 0.2) is 5.76 Å². The van der Waals surface area contributed by atoms with Gasteiger partial charge in [-0.1, -0.05) is 18.0 Å². The van der Waals surface area contributed by atoms with E-state index in [0.717, 1.165) is 26.2 Å². The quantitative estimate of drug-likeness (QED) is 0.793. The van der Waals surface area contributed by atoms with E-state index in [-0.39, 0.29) is 12.3 Å². The van der Waals surface area contributed by atoms with E-state index in [0.29, 0.717) is 36.4 Å². The summed E-state index contributed by atoms with van der Waals surface area (Å²) in [6.07, 6.45) is 6.46. The van der Waals surface area contributed by atoms with Gasteiger partial charge in [-0.25, -0.2) is 0 Å². The Bertz CT molecular complexity index is 491. The summed E-state index contributed by atoms with van der Waals surface area (Å²) >= 11 is 0. The zero-order valence-corrected chi connectivity index (χ0v) is 13.6. The number of hydrogen-bond donors (Lipinski definition) is 1. The van der Waals surface area contributed by atoms with Crippen LogP contribution in [0.5, 0.6) is 0 Å². The van der Waals surface area contributed by atoms with Gasteiger partial charge in [0.1, 0.15) is 6.61 Å². The number of rotatable bonds is 8. The molecule has 1 N–H and O–H groups in total. The molecular weight excluding hydrogens is 296 g/mol. The maximum absolute atomic E-state index is 11.9. The Labute approximate surface area is 136 Å². The first-order chi connectivity index (χ1) is 11.3. The first kappa shape index (κ1) is 16.5. The molecule has 23 heavy (non-hydrogen) atoms. The van der Waals surface area contributed by atoms with Crippen LogP contribution in [0.15, 0.2) is 10.6 Å². The van der Waals surface area contributed by atoms with Crippen molar-refractivity contribution >= 4 is 5.91 Å². The molecule has 1 saturated carbocycles. The van der Waals surface area contributed by atoms with Gasteiger partial charge in [0.05, 0.1) is 18.7 Å². The van der Waals surface area contributed by atoms with Crippen LogP contribution in [0.25, 0.3) is 0 Å². The molecule has 1 amide bonds. The largest absolute Gasteiger partial charge is 0.381 e. The SMILES string of the molecule is O=C(Cc1cc(COCC2CCCC2)on1)NCC1CCOC1. The van der Waals surface area contributed by atoms with Gasteiger partial charge in [0.2, 0.25) is 5.91 Å². The Morgan fingerprint density at radius 1 is 1.30 bits per heavy atom. The molecule has 0 aromatic carbocycles. The molecule has 2 aliphatic rings. The number of carbonyl (C=O) groups is 1. The molecule has 2 heterocycles. The highest BCUT2D eigenvalue weighted by Crippen LogP contribution is 2.25. The van der Waals surface area contributed by atoms with Crippen LogP contribution in [0.4, 0.5) is 0 Å². The summed E-state index contributed by atoms with van der Waals surface area (Å²) < 4.78 is 16.2. The lowest BCUT2D eigenvalue weighted by atomic mass is 10.1. The third-order valence-corrected chi connectivity index (χ3v) is 4.63. The zero-order valence-electron chi connectivity index (χ0n) is 13.6. The predicted octanol–water partition coefficient (Wildman–Crippen LogP) is 2.08. The van der Waals surface area contributed by atoms with Crippen LogP contribution in [0.1, 0.15) is 43.6 Å². The molecule has 1 aromatic heterocycles. The van der Waals surface area contributed by atoms with Crippen LogP contribution < -0.4 is 5.32 Å². The van der Waals surface area contributed by atoms with E-state index in [1.807, 2.05) is 6.07 Å². The molecule has 2 fully saturated rings. The van der Waals surface area contributed by atoms with Crippen LogP contribution >= 0.6 is 0 Å². The van der Waals surface area contributed by atoms with Crippen molar-refractivity contribution in [1.82, 2.24) is 10.5 Å². The molecule has 128 valence electrons. The first-order valence-electron chi connectivity index (χ1n) is 8.66. The summed E-state index contributed by atoms with van der Waals surface area (Å²) in [7, 11) is 0. The van der Waals surface area contributed by atoms with Crippen molar-refractivity contribution in [1.29, 1.82) is 0 Å². The van der Waals surface area contributed by atoms with E-state index in [1.54, 1.807) is 0 Å². The van der Waals surface area contributed by atoms with E-state index in [9.17, 15) is 4.79 Å². The minimum absolute atomic E-state index is 0.0244. The lowest BCUT2D eigenvalue weighted by molar-refractivity contribution is -0.120. The van der Waals surface area contributed by atoms with Gasteiger partial charge < -0.3 is 19.3 Å². The smallest absolute Gasteiger partial charge is 0.226 e. The third kappa shape index (κ3) is 5.32. The van der Waals surface area contributed by atoms with Gasteiger partial charge in [-0.05, 0) is 25.2 Å². The highest BCUT2D eigenvalue weighted by Gasteiger charge is 2.18. The zero-order chi connectivity index (χ0) is 15.9. The second-order valence-electron chi connectivity index (χ2n) is 6.66. The number of ether oxygens (including phenoxy) is 2. The molecule has 1 saturated heterocycles. The van der Waals surface area contributed by atoms with Crippen molar-refractivity contribution in [3.63, 3.8) is 0 Å². The Balaban J connectivity index is 1.33. The third-order valence-electron chi connectivity index (χ3n) is 4.63. The van der Waals surface area contributed by atoms with Crippen LogP contribution in [0.3, 0.4) is 0 Å². The summed E-state index contributed by atoms with van der Waals surface area (Å²) in [5.41, 5.74) is 0.657. The van der Waals surface area contributed by atoms with Crippen molar-refractivity contribution in [3.05, 3.63) is 17.5 Å². The van der Waals surface area contributed by atoms with Crippen LogP contribution in [0.2, 0.25) is 0 Å². The Hall–Kier alpha value is -1.40. The molecule has 1 aliphatic carbocycles. The van der Waals surface area contributed by atoms with Gasteiger partial charge in [-0.15, -0.1) is 0 Å². The van der Waals surface area contributed by atoms with Crippen molar-refractivity contribution in [2.24, 2.45) is 11.8 Å². The van der Waals surface area contributed by atoms with Gasteiger partial charge in [0.25, 0.3) is 0 Å². The predicted molar refractivity (Wildman–Crippen MR) is 83.8 cm³/mol. The molecule has 1 aliphatic heterocycles. The first-order valence-corrected chi connectivity index (χ1v) is 8.66. The van der Waals surface area contributed by atoms with E-state index in [2.05, 4.69) is 10.5 Å². The topological polar surface area (TPSA) is 73.6 Å². The Morgan fingerprint density at radius 3 is 2.96 bits per heavy atom. The van der Waals surface area contributed by atoms with Gasteiger partial charge in [0, 0.05) is 31.7 Å². The van der Waals surface area contributed by atoms with Crippen molar-refractivity contribution in [3.8, 4) is 0 Å². The van der Waals surface area contributed by atoms with E-state index in [1.165, 1.54) is 25.7 Å². The lowest BCUT2D eigenvalue weighted by Gasteiger charge is -2.08. The van der Waals surface area contributed by atoms with Crippen molar-refractivity contribution in [2.75, 3.05) is 26.4 Å². The molecule has 6 heteroatoms. The van der Waals surface area contributed by atoms with Gasteiger partial charge in [-0.3, -0.25) is 4.79 Å². The van der Waals surface area contributed by atoms with E-state index >= 15 is 0 Å². The second-order valence-corrected chi connectivity index (χ2v) is 6.66. The Kier molecular flexibility index (Phi) is 6.05. The fourth-order valence-electron chi connectivity index (χ4n) is 3.24. The number of carbonyl (C=O) groups excluding carboxylic acids is 1. The molecular formula is C17H26N2O4. The number of aromatic nitrogens is 1. The minimum atomic E-state index is -0.0244. The summed E-state index contributed by atoms with van der Waals surface area (Å²) in [4.78, 5) is 11.9. The summed E-state index contributed by atoms with van der Waals surface area (Å²) in [5.74, 6) is 1.80.